The standard InChI is InChI=1S/C21H25N5O2/c1-28-19-6-2-4-16(23-19)13-24-11-9-17(14-24)26-20-18(5-3-10-22-20)25(21(26)27)12-15-7-8-15/h2-6,10,15,17H,7-9,11-14H2,1H3/t17-/m1/s1. The second-order valence-corrected chi connectivity index (χ2v) is 7.90. The number of fused-ring (bicyclic) bond motifs is 1. The maximum atomic E-state index is 13.2. The molecule has 28 heavy (non-hydrogen) atoms. The Morgan fingerprint density at radius 2 is 2.07 bits per heavy atom. The zero-order valence-corrected chi connectivity index (χ0v) is 16.1. The monoisotopic (exact) mass is 379 g/mol. The van der Waals surface area contributed by atoms with E-state index in [2.05, 4.69) is 14.9 Å². The third kappa shape index (κ3) is 3.20. The van der Waals surface area contributed by atoms with E-state index >= 15 is 0 Å². The van der Waals surface area contributed by atoms with Gasteiger partial charge in [-0.05, 0) is 43.4 Å². The minimum Gasteiger partial charge on any atom is -0.481 e. The lowest BCUT2D eigenvalue weighted by molar-refractivity contribution is 0.309. The largest absolute Gasteiger partial charge is 0.481 e. The second-order valence-electron chi connectivity index (χ2n) is 7.90. The van der Waals surface area contributed by atoms with Crippen molar-refractivity contribution in [1.82, 2.24) is 24.0 Å². The third-order valence-electron chi connectivity index (χ3n) is 5.85. The molecule has 146 valence electrons. The molecule has 0 spiro atoms. The highest BCUT2D eigenvalue weighted by atomic mass is 16.5. The Hall–Kier alpha value is -2.67. The highest BCUT2D eigenvalue weighted by molar-refractivity contribution is 5.71. The van der Waals surface area contributed by atoms with Crippen molar-refractivity contribution in [1.29, 1.82) is 0 Å². The summed E-state index contributed by atoms with van der Waals surface area (Å²) in [6.07, 6.45) is 5.18. The zero-order chi connectivity index (χ0) is 19.1. The van der Waals surface area contributed by atoms with Crippen LogP contribution in [0, 0.1) is 5.92 Å². The van der Waals surface area contributed by atoms with Gasteiger partial charge in [0.05, 0.1) is 24.4 Å². The summed E-state index contributed by atoms with van der Waals surface area (Å²) in [5.74, 6) is 1.29. The Morgan fingerprint density at radius 3 is 2.89 bits per heavy atom. The molecule has 0 unspecified atom stereocenters. The Bertz CT molecular complexity index is 1050. The predicted molar refractivity (Wildman–Crippen MR) is 106 cm³/mol. The van der Waals surface area contributed by atoms with Crippen molar-refractivity contribution in [3.05, 3.63) is 52.7 Å². The van der Waals surface area contributed by atoms with Crippen LogP contribution in [0.3, 0.4) is 0 Å². The maximum absolute atomic E-state index is 13.2. The molecule has 7 nitrogen and oxygen atoms in total. The molecule has 7 heteroatoms. The summed E-state index contributed by atoms with van der Waals surface area (Å²) in [7, 11) is 1.63. The third-order valence-corrected chi connectivity index (χ3v) is 5.85. The molecule has 1 atom stereocenters. The topological polar surface area (TPSA) is 65.2 Å². The summed E-state index contributed by atoms with van der Waals surface area (Å²) in [5.41, 5.74) is 2.86. The van der Waals surface area contributed by atoms with E-state index in [1.54, 1.807) is 13.3 Å². The van der Waals surface area contributed by atoms with Crippen LogP contribution in [0.2, 0.25) is 0 Å². The van der Waals surface area contributed by atoms with Crippen LogP contribution in [0.25, 0.3) is 11.2 Å². The van der Waals surface area contributed by atoms with Crippen molar-refractivity contribution in [2.75, 3.05) is 20.2 Å². The lowest BCUT2D eigenvalue weighted by atomic mass is 10.2. The van der Waals surface area contributed by atoms with E-state index in [1.165, 1.54) is 12.8 Å². The van der Waals surface area contributed by atoms with Gasteiger partial charge in [0.15, 0.2) is 5.65 Å². The number of methoxy groups -OCH3 is 1. The normalized spacial score (nSPS) is 20.1. The molecular formula is C21H25N5O2. The minimum atomic E-state index is 0.0898. The molecule has 0 amide bonds. The van der Waals surface area contributed by atoms with Gasteiger partial charge in [-0.15, -0.1) is 0 Å². The van der Waals surface area contributed by atoms with Gasteiger partial charge in [-0.1, -0.05) is 6.07 Å². The van der Waals surface area contributed by atoms with E-state index in [9.17, 15) is 4.79 Å². The Morgan fingerprint density at radius 1 is 1.18 bits per heavy atom. The molecule has 1 aliphatic heterocycles. The number of aromatic nitrogens is 4. The van der Waals surface area contributed by atoms with Crippen LogP contribution in [0.4, 0.5) is 0 Å². The number of imidazole rings is 1. The number of ether oxygens (including phenoxy) is 1. The van der Waals surface area contributed by atoms with Crippen LogP contribution < -0.4 is 10.4 Å². The first-order valence-corrected chi connectivity index (χ1v) is 10.0. The van der Waals surface area contributed by atoms with Crippen LogP contribution in [0.5, 0.6) is 5.88 Å². The van der Waals surface area contributed by atoms with Gasteiger partial charge in [-0.3, -0.25) is 14.0 Å². The Labute approximate surface area is 163 Å². The van der Waals surface area contributed by atoms with Gasteiger partial charge in [0, 0.05) is 38.4 Å². The van der Waals surface area contributed by atoms with Gasteiger partial charge >= 0.3 is 5.69 Å². The highest BCUT2D eigenvalue weighted by Gasteiger charge is 2.30. The molecule has 1 saturated carbocycles. The van der Waals surface area contributed by atoms with Crippen molar-refractivity contribution in [3.63, 3.8) is 0 Å². The zero-order valence-electron chi connectivity index (χ0n) is 16.1. The van der Waals surface area contributed by atoms with E-state index in [1.807, 2.05) is 39.5 Å². The maximum Gasteiger partial charge on any atom is 0.330 e. The van der Waals surface area contributed by atoms with Crippen LogP contribution in [-0.2, 0) is 13.1 Å². The fourth-order valence-electron chi connectivity index (χ4n) is 4.23. The number of rotatable bonds is 6. The van der Waals surface area contributed by atoms with Gasteiger partial charge in [-0.2, -0.15) is 0 Å². The van der Waals surface area contributed by atoms with Crippen molar-refractivity contribution in [2.24, 2.45) is 5.92 Å². The van der Waals surface area contributed by atoms with Gasteiger partial charge in [0.25, 0.3) is 0 Å². The molecule has 3 aromatic rings. The Balaban J connectivity index is 1.40. The first-order chi connectivity index (χ1) is 13.7. The number of pyridine rings is 2. The van der Waals surface area contributed by atoms with E-state index in [4.69, 9.17) is 4.74 Å². The average Bonchev–Trinajstić information content (AvgIpc) is 3.36. The summed E-state index contributed by atoms with van der Waals surface area (Å²) in [6.45, 7) is 3.35. The quantitative estimate of drug-likeness (QED) is 0.658. The van der Waals surface area contributed by atoms with Crippen molar-refractivity contribution in [3.8, 4) is 5.88 Å². The summed E-state index contributed by atoms with van der Waals surface area (Å²) < 4.78 is 9.09. The lowest BCUT2D eigenvalue weighted by Gasteiger charge is -2.16. The summed E-state index contributed by atoms with van der Waals surface area (Å²) in [6, 6.07) is 9.94. The average molecular weight is 379 g/mol. The number of hydrogen-bond donors (Lipinski definition) is 0. The molecule has 0 N–H and O–H groups in total. The summed E-state index contributed by atoms with van der Waals surface area (Å²) in [5, 5.41) is 0. The second kappa shape index (κ2) is 7.05. The molecule has 0 radical (unpaired) electrons. The molecule has 1 aliphatic carbocycles. The van der Waals surface area contributed by atoms with E-state index in [0.29, 0.717) is 11.8 Å². The lowest BCUT2D eigenvalue weighted by Crippen LogP contribution is -2.30. The van der Waals surface area contributed by atoms with Crippen LogP contribution in [-0.4, -0.2) is 44.2 Å². The van der Waals surface area contributed by atoms with Gasteiger partial charge < -0.3 is 4.74 Å². The smallest absolute Gasteiger partial charge is 0.330 e. The van der Waals surface area contributed by atoms with E-state index < -0.39 is 0 Å². The fourth-order valence-corrected chi connectivity index (χ4v) is 4.23. The molecule has 0 bridgehead atoms. The molecule has 3 aromatic heterocycles. The molecule has 0 aromatic carbocycles. The number of hydrogen-bond acceptors (Lipinski definition) is 5. The predicted octanol–water partition coefficient (Wildman–Crippen LogP) is 2.46. The van der Waals surface area contributed by atoms with E-state index in [-0.39, 0.29) is 11.7 Å². The first kappa shape index (κ1) is 17.4. The Kier molecular flexibility index (Phi) is 4.39. The van der Waals surface area contributed by atoms with Crippen molar-refractivity contribution >= 4 is 11.2 Å². The number of likely N-dealkylation sites (tertiary alicyclic amines) is 1. The van der Waals surface area contributed by atoms with Gasteiger partial charge in [0.1, 0.15) is 0 Å². The first-order valence-electron chi connectivity index (χ1n) is 10.0. The highest BCUT2D eigenvalue weighted by Crippen LogP contribution is 2.32. The van der Waals surface area contributed by atoms with E-state index in [0.717, 1.165) is 49.5 Å². The molecule has 2 aliphatic rings. The number of nitrogens with zero attached hydrogens (tertiary/aromatic N) is 5. The molecule has 5 rings (SSSR count). The van der Waals surface area contributed by atoms with Crippen molar-refractivity contribution in [2.45, 2.75) is 38.4 Å². The molecular weight excluding hydrogens is 354 g/mol. The van der Waals surface area contributed by atoms with Crippen molar-refractivity contribution < 1.29 is 4.74 Å². The fraction of sp³-hybridized carbons (Fsp3) is 0.476. The van der Waals surface area contributed by atoms with Crippen LogP contribution in [0.15, 0.2) is 41.3 Å². The minimum absolute atomic E-state index is 0.0898. The van der Waals surface area contributed by atoms with Gasteiger partial charge in [0.2, 0.25) is 5.88 Å². The summed E-state index contributed by atoms with van der Waals surface area (Å²) in [4.78, 5) is 24.7. The van der Waals surface area contributed by atoms with Crippen LogP contribution in [0.1, 0.15) is 31.0 Å². The molecule has 2 fully saturated rings. The molecule has 4 heterocycles. The summed E-state index contributed by atoms with van der Waals surface area (Å²) >= 11 is 0. The van der Waals surface area contributed by atoms with Gasteiger partial charge in [-0.25, -0.2) is 14.8 Å². The van der Waals surface area contributed by atoms with Crippen LogP contribution >= 0.6 is 0 Å². The SMILES string of the molecule is COc1cccc(CN2CC[C@@H](n3c(=O)n(CC4CC4)c4cccnc43)C2)n1. The molecule has 1 saturated heterocycles.